The van der Waals surface area contributed by atoms with Gasteiger partial charge in [0.1, 0.15) is 11.9 Å². The van der Waals surface area contributed by atoms with Gasteiger partial charge in [0.05, 0.1) is 12.5 Å². The van der Waals surface area contributed by atoms with Crippen molar-refractivity contribution in [3.8, 4) is 0 Å². The zero-order valence-corrected chi connectivity index (χ0v) is 8.84. The number of carbonyl (C=O) groups is 2. The van der Waals surface area contributed by atoms with E-state index in [4.69, 9.17) is 5.73 Å². The van der Waals surface area contributed by atoms with Gasteiger partial charge in [-0.25, -0.2) is 4.39 Å². The van der Waals surface area contributed by atoms with Crippen molar-refractivity contribution >= 4 is 12.2 Å². The minimum Gasteiger partial charge on any atom is -0.390 e. The minimum absolute atomic E-state index is 0.0824. The standard InChI is InChI=1S/C11H12FNO4/c12-7-3-1-2-6(5-14)10(7)11(17)8(15)4-9(13)16/h1-3,5,8,11,15,17H,4H2,(H2,13,16). The molecule has 0 aromatic heterocycles. The number of aliphatic hydroxyl groups is 2. The molecular weight excluding hydrogens is 229 g/mol. The first-order valence-corrected chi connectivity index (χ1v) is 4.85. The SMILES string of the molecule is NC(=O)CC(O)C(O)c1c(F)cccc1C=O. The second-order valence-electron chi connectivity index (χ2n) is 3.54. The lowest BCUT2D eigenvalue weighted by Crippen LogP contribution is -2.27. The molecule has 0 bridgehead atoms. The summed E-state index contributed by atoms with van der Waals surface area (Å²) in [6.45, 7) is 0. The molecule has 0 radical (unpaired) electrons. The summed E-state index contributed by atoms with van der Waals surface area (Å²) < 4.78 is 13.4. The quantitative estimate of drug-likeness (QED) is 0.627. The summed E-state index contributed by atoms with van der Waals surface area (Å²) in [6, 6.07) is 3.64. The van der Waals surface area contributed by atoms with Crippen LogP contribution < -0.4 is 5.73 Å². The number of aliphatic hydroxyl groups excluding tert-OH is 2. The van der Waals surface area contributed by atoms with Crippen LogP contribution in [0.1, 0.15) is 28.4 Å². The van der Waals surface area contributed by atoms with Gasteiger partial charge in [-0.2, -0.15) is 0 Å². The summed E-state index contributed by atoms with van der Waals surface area (Å²) in [5.41, 5.74) is 4.43. The number of rotatable bonds is 5. The van der Waals surface area contributed by atoms with Crippen molar-refractivity contribution in [1.82, 2.24) is 0 Å². The van der Waals surface area contributed by atoms with Gasteiger partial charge in [0.2, 0.25) is 5.91 Å². The Bertz CT molecular complexity index is 435. The highest BCUT2D eigenvalue weighted by Crippen LogP contribution is 2.24. The zero-order chi connectivity index (χ0) is 13.0. The van der Waals surface area contributed by atoms with Gasteiger partial charge in [-0.1, -0.05) is 12.1 Å². The second-order valence-corrected chi connectivity index (χ2v) is 3.54. The Morgan fingerprint density at radius 1 is 1.47 bits per heavy atom. The predicted octanol–water partition coefficient (Wildman–Crippen LogP) is -0.0921. The third kappa shape index (κ3) is 3.08. The van der Waals surface area contributed by atoms with Gasteiger partial charge in [-0.05, 0) is 6.07 Å². The van der Waals surface area contributed by atoms with Gasteiger partial charge < -0.3 is 15.9 Å². The number of nitrogens with two attached hydrogens (primary N) is 1. The third-order valence-corrected chi connectivity index (χ3v) is 2.28. The number of aldehydes is 1. The number of halogens is 1. The number of amides is 1. The molecule has 2 atom stereocenters. The largest absolute Gasteiger partial charge is 0.390 e. The fraction of sp³-hybridized carbons (Fsp3) is 0.273. The number of primary amides is 1. The molecule has 0 saturated heterocycles. The second kappa shape index (κ2) is 5.51. The van der Waals surface area contributed by atoms with E-state index in [1.807, 2.05) is 0 Å². The molecular formula is C11H12FNO4. The molecule has 0 aliphatic heterocycles. The maximum absolute atomic E-state index is 13.4. The zero-order valence-electron chi connectivity index (χ0n) is 8.84. The summed E-state index contributed by atoms with van der Waals surface area (Å²) in [7, 11) is 0. The van der Waals surface area contributed by atoms with E-state index in [1.165, 1.54) is 12.1 Å². The summed E-state index contributed by atoms with van der Waals surface area (Å²) >= 11 is 0. The van der Waals surface area contributed by atoms with E-state index in [0.29, 0.717) is 6.29 Å². The Morgan fingerprint density at radius 3 is 2.65 bits per heavy atom. The molecule has 0 saturated carbocycles. The number of carbonyl (C=O) groups excluding carboxylic acids is 2. The summed E-state index contributed by atoms with van der Waals surface area (Å²) in [5, 5.41) is 19.1. The number of benzene rings is 1. The van der Waals surface area contributed by atoms with Crippen LogP contribution in [-0.2, 0) is 4.79 Å². The molecule has 1 rings (SSSR count). The molecule has 0 aliphatic carbocycles. The molecule has 6 heteroatoms. The first kappa shape index (κ1) is 13.3. The normalized spacial score (nSPS) is 14.1. The number of hydrogen-bond acceptors (Lipinski definition) is 4. The average Bonchev–Trinajstić information content (AvgIpc) is 2.26. The van der Waals surface area contributed by atoms with Crippen molar-refractivity contribution in [2.75, 3.05) is 0 Å². The minimum atomic E-state index is -1.68. The lowest BCUT2D eigenvalue weighted by Gasteiger charge is -2.18. The van der Waals surface area contributed by atoms with E-state index in [1.54, 1.807) is 0 Å². The smallest absolute Gasteiger partial charge is 0.220 e. The van der Waals surface area contributed by atoms with Crippen molar-refractivity contribution in [1.29, 1.82) is 0 Å². The van der Waals surface area contributed by atoms with Gasteiger partial charge in [-0.3, -0.25) is 9.59 Å². The van der Waals surface area contributed by atoms with Crippen molar-refractivity contribution in [3.63, 3.8) is 0 Å². The topological polar surface area (TPSA) is 101 Å². The van der Waals surface area contributed by atoms with Gasteiger partial charge in [0.25, 0.3) is 0 Å². The Balaban J connectivity index is 3.06. The molecule has 0 fully saturated rings. The molecule has 1 aromatic rings. The molecule has 1 amide bonds. The highest BCUT2D eigenvalue weighted by Gasteiger charge is 2.25. The van der Waals surface area contributed by atoms with Crippen LogP contribution in [0.5, 0.6) is 0 Å². The van der Waals surface area contributed by atoms with E-state index in [-0.39, 0.29) is 11.1 Å². The van der Waals surface area contributed by atoms with Crippen LogP contribution in [0, 0.1) is 5.82 Å². The van der Waals surface area contributed by atoms with E-state index in [9.17, 15) is 24.2 Å². The Morgan fingerprint density at radius 2 is 2.12 bits per heavy atom. The van der Waals surface area contributed by atoms with Crippen molar-refractivity contribution in [2.24, 2.45) is 5.73 Å². The lowest BCUT2D eigenvalue weighted by atomic mass is 9.97. The predicted molar refractivity (Wildman–Crippen MR) is 56.6 cm³/mol. The average molecular weight is 241 g/mol. The molecule has 0 heterocycles. The fourth-order valence-electron chi connectivity index (χ4n) is 1.48. The van der Waals surface area contributed by atoms with E-state index < -0.39 is 30.4 Å². The van der Waals surface area contributed by atoms with E-state index in [0.717, 1.165) is 6.07 Å². The van der Waals surface area contributed by atoms with E-state index in [2.05, 4.69) is 0 Å². The van der Waals surface area contributed by atoms with Crippen LogP contribution in [0.3, 0.4) is 0 Å². The van der Waals surface area contributed by atoms with Crippen LogP contribution in [0.25, 0.3) is 0 Å². The molecule has 17 heavy (non-hydrogen) atoms. The van der Waals surface area contributed by atoms with Crippen LogP contribution >= 0.6 is 0 Å². The number of hydrogen-bond donors (Lipinski definition) is 3. The van der Waals surface area contributed by atoms with Crippen LogP contribution in [0.4, 0.5) is 4.39 Å². The first-order valence-electron chi connectivity index (χ1n) is 4.85. The van der Waals surface area contributed by atoms with Gasteiger partial charge in [-0.15, -0.1) is 0 Å². The molecule has 5 nitrogen and oxygen atoms in total. The van der Waals surface area contributed by atoms with Gasteiger partial charge in [0.15, 0.2) is 6.29 Å². The Labute approximate surface area is 96.7 Å². The molecule has 92 valence electrons. The molecule has 2 unspecified atom stereocenters. The highest BCUT2D eigenvalue weighted by atomic mass is 19.1. The van der Waals surface area contributed by atoms with Crippen LogP contribution in [-0.4, -0.2) is 28.5 Å². The van der Waals surface area contributed by atoms with E-state index >= 15 is 0 Å². The molecule has 0 spiro atoms. The summed E-state index contributed by atoms with van der Waals surface area (Å²) in [5.74, 6) is -1.66. The van der Waals surface area contributed by atoms with Crippen LogP contribution in [0.15, 0.2) is 18.2 Å². The fourth-order valence-corrected chi connectivity index (χ4v) is 1.48. The van der Waals surface area contributed by atoms with Crippen molar-refractivity contribution in [2.45, 2.75) is 18.6 Å². The van der Waals surface area contributed by atoms with Gasteiger partial charge in [0, 0.05) is 11.1 Å². The molecule has 0 aliphatic rings. The Kier molecular flexibility index (Phi) is 4.30. The molecule has 1 aromatic carbocycles. The Hall–Kier alpha value is -1.79. The summed E-state index contributed by atoms with van der Waals surface area (Å²) in [4.78, 5) is 21.3. The third-order valence-electron chi connectivity index (χ3n) is 2.28. The van der Waals surface area contributed by atoms with Crippen molar-refractivity contribution < 1.29 is 24.2 Å². The van der Waals surface area contributed by atoms with Crippen molar-refractivity contribution in [3.05, 3.63) is 35.1 Å². The monoisotopic (exact) mass is 241 g/mol. The van der Waals surface area contributed by atoms with Gasteiger partial charge >= 0.3 is 0 Å². The highest BCUT2D eigenvalue weighted by molar-refractivity contribution is 5.78. The maximum Gasteiger partial charge on any atom is 0.220 e. The van der Waals surface area contributed by atoms with Crippen LogP contribution in [0.2, 0.25) is 0 Å². The maximum atomic E-state index is 13.4. The molecule has 4 N–H and O–H groups in total. The lowest BCUT2D eigenvalue weighted by molar-refractivity contribution is -0.121. The summed E-state index contributed by atoms with van der Waals surface area (Å²) in [6.07, 6.45) is -3.39. The first-order chi connectivity index (χ1) is 7.97.